The molecule has 0 saturated heterocycles. The second-order valence-corrected chi connectivity index (χ2v) is 6.33. The van der Waals surface area contributed by atoms with Crippen molar-refractivity contribution in [1.82, 2.24) is 14.5 Å². The molecule has 2 heterocycles. The maximum Gasteiger partial charge on any atom is 0.226 e. The van der Waals surface area contributed by atoms with Gasteiger partial charge in [-0.2, -0.15) is 0 Å². The summed E-state index contributed by atoms with van der Waals surface area (Å²) in [7, 11) is 1.91. The Hall–Kier alpha value is -2.10. The summed E-state index contributed by atoms with van der Waals surface area (Å²) in [5, 5.41) is 0. The van der Waals surface area contributed by atoms with Gasteiger partial charge < -0.3 is 9.47 Å². The lowest BCUT2D eigenvalue weighted by Gasteiger charge is -2.28. The van der Waals surface area contributed by atoms with Crippen molar-refractivity contribution in [2.75, 3.05) is 13.6 Å². The molecule has 4 nitrogen and oxygen atoms in total. The summed E-state index contributed by atoms with van der Waals surface area (Å²) in [5.41, 5.74) is 2.31. The summed E-state index contributed by atoms with van der Waals surface area (Å²) in [5.74, 6) is 1.86. The van der Waals surface area contributed by atoms with E-state index < -0.39 is 0 Å². The van der Waals surface area contributed by atoms with Gasteiger partial charge in [0.25, 0.3) is 0 Å². The molecule has 0 N–H and O–H groups in total. The molecule has 116 valence electrons. The molecule has 0 aliphatic carbocycles. The minimum absolute atomic E-state index is 0.192. The van der Waals surface area contributed by atoms with Gasteiger partial charge in [-0.1, -0.05) is 29.8 Å². The standard InChI is InChI=1S/C18H23N3O/c1-14-3-5-15(6-4-14)12-18(22)20(2)13-16-7-9-21-10-8-19-17(21)11-16/h3-6,8,10,16H,7,9,11-13H2,1-2H3/t16-/m0/s1. The molecule has 1 atom stereocenters. The topological polar surface area (TPSA) is 38.1 Å². The number of rotatable bonds is 4. The molecule has 1 aromatic heterocycles. The Morgan fingerprint density at radius 1 is 1.36 bits per heavy atom. The molecule has 0 bridgehead atoms. The molecule has 1 amide bonds. The van der Waals surface area contributed by atoms with Gasteiger partial charge >= 0.3 is 0 Å². The van der Waals surface area contributed by atoms with Crippen LogP contribution in [0.5, 0.6) is 0 Å². The minimum Gasteiger partial charge on any atom is -0.345 e. The van der Waals surface area contributed by atoms with E-state index >= 15 is 0 Å². The van der Waals surface area contributed by atoms with Crippen LogP contribution in [0, 0.1) is 12.8 Å². The maximum absolute atomic E-state index is 12.4. The summed E-state index contributed by atoms with van der Waals surface area (Å²) in [6, 6.07) is 8.20. The number of carbonyl (C=O) groups is 1. The van der Waals surface area contributed by atoms with Crippen LogP contribution in [0.4, 0.5) is 0 Å². The van der Waals surface area contributed by atoms with E-state index in [1.54, 1.807) is 0 Å². The van der Waals surface area contributed by atoms with Crippen molar-refractivity contribution in [1.29, 1.82) is 0 Å². The van der Waals surface area contributed by atoms with Crippen LogP contribution in [0.2, 0.25) is 0 Å². The summed E-state index contributed by atoms with van der Waals surface area (Å²) >= 11 is 0. The van der Waals surface area contributed by atoms with E-state index in [1.807, 2.05) is 36.5 Å². The van der Waals surface area contributed by atoms with E-state index in [-0.39, 0.29) is 5.91 Å². The second kappa shape index (κ2) is 6.34. The van der Waals surface area contributed by atoms with Crippen LogP contribution in [0.25, 0.3) is 0 Å². The molecule has 4 heteroatoms. The van der Waals surface area contributed by atoms with E-state index in [2.05, 4.69) is 28.6 Å². The molecular weight excluding hydrogens is 274 g/mol. The van der Waals surface area contributed by atoms with Gasteiger partial charge in [-0.05, 0) is 24.8 Å². The Kier molecular flexibility index (Phi) is 4.27. The van der Waals surface area contributed by atoms with Crippen LogP contribution in [0.15, 0.2) is 36.7 Å². The molecule has 1 aliphatic rings. The van der Waals surface area contributed by atoms with Gasteiger partial charge in [0.1, 0.15) is 5.82 Å². The van der Waals surface area contributed by atoms with Crippen LogP contribution in [0.3, 0.4) is 0 Å². The summed E-state index contributed by atoms with van der Waals surface area (Å²) < 4.78 is 2.21. The number of hydrogen-bond acceptors (Lipinski definition) is 2. The van der Waals surface area contributed by atoms with Crippen LogP contribution < -0.4 is 0 Å². The lowest BCUT2D eigenvalue weighted by Crippen LogP contribution is -2.35. The molecule has 2 aromatic rings. The highest BCUT2D eigenvalue weighted by molar-refractivity contribution is 5.78. The monoisotopic (exact) mass is 297 g/mol. The number of likely N-dealkylation sites (N-methyl/N-ethyl adjacent to an activating group) is 1. The number of benzene rings is 1. The molecule has 0 saturated carbocycles. The third-order valence-electron chi connectivity index (χ3n) is 4.48. The van der Waals surface area contributed by atoms with E-state index in [0.29, 0.717) is 12.3 Å². The number of carbonyl (C=O) groups excluding carboxylic acids is 1. The minimum atomic E-state index is 0.192. The van der Waals surface area contributed by atoms with Gasteiger partial charge in [-0.15, -0.1) is 0 Å². The predicted octanol–water partition coefficient (Wildman–Crippen LogP) is 2.46. The van der Waals surface area contributed by atoms with Crippen molar-refractivity contribution < 1.29 is 4.79 Å². The summed E-state index contributed by atoms with van der Waals surface area (Å²) in [6.45, 7) is 3.89. The Labute approximate surface area is 131 Å². The van der Waals surface area contributed by atoms with Crippen LogP contribution >= 0.6 is 0 Å². The summed E-state index contributed by atoms with van der Waals surface area (Å²) in [6.07, 6.45) is 6.47. The highest BCUT2D eigenvalue weighted by Gasteiger charge is 2.22. The molecular formula is C18H23N3O. The Balaban J connectivity index is 1.54. The average molecular weight is 297 g/mol. The second-order valence-electron chi connectivity index (χ2n) is 6.33. The van der Waals surface area contributed by atoms with Gasteiger partial charge in [-0.3, -0.25) is 4.79 Å². The van der Waals surface area contributed by atoms with Crippen molar-refractivity contribution in [2.24, 2.45) is 5.92 Å². The van der Waals surface area contributed by atoms with Crippen molar-refractivity contribution in [3.8, 4) is 0 Å². The SMILES string of the molecule is Cc1ccc(CC(=O)N(C)C[C@H]2CCn3ccnc3C2)cc1. The molecule has 22 heavy (non-hydrogen) atoms. The fourth-order valence-corrected chi connectivity index (χ4v) is 3.08. The Morgan fingerprint density at radius 2 is 2.14 bits per heavy atom. The van der Waals surface area contributed by atoms with Crippen LogP contribution in [-0.2, 0) is 24.2 Å². The van der Waals surface area contributed by atoms with Crippen molar-refractivity contribution in [3.05, 3.63) is 53.6 Å². The number of fused-ring (bicyclic) bond motifs is 1. The van der Waals surface area contributed by atoms with Gasteiger partial charge in [0.05, 0.1) is 6.42 Å². The van der Waals surface area contributed by atoms with E-state index in [4.69, 9.17) is 0 Å². The summed E-state index contributed by atoms with van der Waals surface area (Å²) in [4.78, 5) is 18.6. The highest BCUT2D eigenvalue weighted by atomic mass is 16.2. The number of amides is 1. The normalized spacial score (nSPS) is 17.1. The number of aromatic nitrogens is 2. The van der Waals surface area contributed by atoms with Gasteiger partial charge in [0.15, 0.2) is 0 Å². The first-order valence-electron chi connectivity index (χ1n) is 7.91. The van der Waals surface area contributed by atoms with E-state index in [1.165, 1.54) is 5.56 Å². The highest BCUT2D eigenvalue weighted by Crippen LogP contribution is 2.20. The predicted molar refractivity (Wildman–Crippen MR) is 86.6 cm³/mol. The van der Waals surface area contributed by atoms with Crippen molar-refractivity contribution in [3.63, 3.8) is 0 Å². The molecule has 0 fully saturated rings. The Morgan fingerprint density at radius 3 is 2.91 bits per heavy atom. The average Bonchev–Trinajstić information content (AvgIpc) is 2.97. The third kappa shape index (κ3) is 3.38. The molecule has 0 unspecified atom stereocenters. The lowest BCUT2D eigenvalue weighted by atomic mass is 9.97. The zero-order valence-electron chi connectivity index (χ0n) is 13.3. The zero-order valence-corrected chi connectivity index (χ0v) is 13.3. The van der Waals surface area contributed by atoms with Gasteiger partial charge in [-0.25, -0.2) is 4.98 Å². The first kappa shape index (κ1) is 14.8. The Bertz CT molecular complexity index is 645. The number of aryl methyl sites for hydroxylation is 2. The van der Waals surface area contributed by atoms with Gasteiger partial charge in [0.2, 0.25) is 5.91 Å². The zero-order chi connectivity index (χ0) is 15.5. The fraction of sp³-hybridized carbons (Fsp3) is 0.444. The first-order chi connectivity index (χ1) is 10.6. The largest absolute Gasteiger partial charge is 0.345 e. The van der Waals surface area contributed by atoms with Gasteiger partial charge in [0, 0.05) is 39.0 Å². The smallest absolute Gasteiger partial charge is 0.226 e. The number of hydrogen-bond donors (Lipinski definition) is 0. The van der Waals surface area contributed by atoms with Crippen molar-refractivity contribution >= 4 is 5.91 Å². The van der Waals surface area contributed by atoms with Crippen LogP contribution in [0.1, 0.15) is 23.4 Å². The maximum atomic E-state index is 12.4. The quantitative estimate of drug-likeness (QED) is 0.869. The number of nitrogens with zero attached hydrogens (tertiary/aromatic N) is 3. The lowest BCUT2D eigenvalue weighted by molar-refractivity contribution is -0.129. The van der Waals surface area contributed by atoms with Crippen molar-refractivity contribution in [2.45, 2.75) is 32.7 Å². The molecule has 0 radical (unpaired) electrons. The van der Waals surface area contributed by atoms with E-state index in [0.717, 1.165) is 37.3 Å². The molecule has 1 aromatic carbocycles. The first-order valence-corrected chi connectivity index (χ1v) is 7.91. The third-order valence-corrected chi connectivity index (χ3v) is 4.48. The molecule has 1 aliphatic heterocycles. The molecule has 3 rings (SSSR count). The van der Waals surface area contributed by atoms with Crippen LogP contribution in [-0.4, -0.2) is 34.0 Å². The molecule has 0 spiro atoms. The fourth-order valence-electron chi connectivity index (χ4n) is 3.08. The van der Waals surface area contributed by atoms with E-state index in [9.17, 15) is 4.79 Å². The number of imidazole rings is 1.